The van der Waals surface area contributed by atoms with Crippen molar-refractivity contribution in [1.82, 2.24) is 15.5 Å². The summed E-state index contributed by atoms with van der Waals surface area (Å²) >= 11 is 5.94. The van der Waals surface area contributed by atoms with Gasteiger partial charge in [-0.2, -0.15) is 4.98 Å². The average Bonchev–Trinajstić information content (AvgIpc) is 3.10. The molecule has 3 aromatic rings. The first-order chi connectivity index (χ1) is 12.2. The highest BCUT2D eigenvalue weighted by atomic mass is 35.5. The van der Waals surface area contributed by atoms with Crippen molar-refractivity contribution in [1.29, 1.82) is 0 Å². The minimum absolute atomic E-state index is 0.154. The van der Waals surface area contributed by atoms with Crippen LogP contribution >= 0.6 is 11.6 Å². The van der Waals surface area contributed by atoms with Crippen LogP contribution < -0.4 is 10.1 Å². The number of aromatic nitrogens is 2. The number of carbonyl (C=O) groups excluding carboxylic acids is 1. The molecule has 1 aromatic heterocycles. The van der Waals surface area contributed by atoms with Crippen LogP contribution in [0.25, 0.3) is 11.4 Å². The lowest BCUT2D eigenvalue weighted by atomic mass is 10.2. The smallest absolute Gasteiger partial charge is 0.246 e. The molecule has 0 saturated carbocycles. The highest BCUT2D eigenvalue weighted by molar-refractivity contribution is 6.30. The summed E-state index contributed by atoms with van der Waals surface area (Å²) in [6.45, 7) is 0.463. The Kier molecular flexibility index (Phi) is 5.64. The summed E-state index contributed by atoms with van der Waals surface area (Å²) in [4.78, 5) is 16.1. The number of carbonyl (C=O) groups is 1. The summed E-state index contributed by atoms with van der Waals surface area (Å²) in [5.74, 6) is 1.34. The van der Waals surface area contributed by atoms with Gasteiger partial charge in [-0.25, -0.2) is 0 Å². The maximum absolute atomic E-state index is 11.8. The SMILES string of the molecule is O=C(CCOc1ccccc1)NCc1nc(-c2cccc(Cl)c2)no1. The molecule has 0 atom stereocenters. The molecule has 1 N–H and O–H groups in total. The van der Waals surface area contributed by atoms with E-state index in [0.29, 0.717) is 23.3 Å². The first kappa shape index (κ1) is 17.0. The Bertz CT molecular complexity index is 836. The number of ether oxygens (including phenoxy) is 1. The van der Waals surface area contributed by atoms with Crippen molar-refractivity contribution in [2.45, 2.75) is 13.0 Å². The molecule has 25 heavy (non-hydrogen) atoms. The Morgan fingerprint density at radius 2 is 2.00 bits per heavy atom. The molecule has 128 valence electrons. The summed E-state index contributed by atoms with van der Waals surface area (Å²) in [6.07, 6.45) is 0.240. The fourth-order valence-corrected chi connectivity index (χ4v) is 2.30. The van der Waals surface area contributed by atoms with E-state index in [2.05, 4.69) is 15.5 Å². The summed E-state index contributed by atoms with van der Waals surface area (Å²) < 4.78 is 10.6. The fraction of sp³-hybridized carbons (Fsp3) is 0.167. The number of nitrogens with one attached hydrogen (secondary N) is 1. The minimum Gasteiger partial charge on any atom is -0.493 e. The van der Waals surface area contributed by atoms with Gasteiger partial charge in [0, 0.05) is 10.6 Å². The molecule has 0 fully saturated rings. The molecule has 0 aliphatic heterocycles. The fourth-order valence-electron chi connectivity index (χ4n) is 2.11. The van der Waals surface area contributed by atoms with Crippen molar-refractivity contribution in [2.24, 2.45) is 0 Å². The monoisotopic (exact) mass is 357 g/mol. The minimum atomic E-state index is -0.154. The molecule has 2 aromatic carbocycles. The zero-order valence-corrected chi connectivity index (χ0v) is 14.1. The predicted molar refractivity (Wildman–Crippen MR) is 93.1 cm³/mol. The van der Waals surface area contributed by atoms with E-state index < -0.39 is 0 Å². The highest BCUT2D eigenvalue weighted by Gasteiger charge is 2.10. The van der Waals surface area contributed by atoms with E-state index in [1.165, 1.54) is 0 Å². The standard InChI is InChI=1S/C18H16ClN3O3/c19-14-6-4-5-13(11-14)18-21-17(25-22-18)12-20-16(23)9-10-24-15-7-2-1-3-8-15/h1-8,11H,9-10,12H2,(H,20,23). The average molecular weight is 358 g/mol. The van der Waals surface area contributed by atoms with E-state index in [4.69, 9.17) is 20.9 Å². The second kappa shape index (κ2) is 8.30. The second-order valence-corrected chi connectivity index (χ2v) is 5.65. The largest absolute Gasteiger partial charge is 0.493 e. The topological polar surface area (TPSA) is 77.2 Å². The summed E-state index contributed by atoms with van der Waals surface area (Å²) in [7, 11) is 0. The Hall–Kier alpha value is -2.86. The van der Waals surface area contributed by atoms with Crippen molar-refractivity contribution < 1.29 is 14.1 Å². The maximum Gasteiger partial charge on any atom is 0.246 e. The zero-order valence-electron chi connectivity index (χ0n) is 13.3. The van der Waals surface area contributed by atoms with Gasteiger partial charge in [-0.15, -0.1) is 0 Å². The van der Waals surface area contributed by atoms with Gasteiger partial charge >= 0.3 is 0 Å². The van der Waals surface area contributed by atoms with Gasteiger partial charge in [-0.3, -0.25) is 4.79 Å². The molecule has 0 aliphatic rings. The number of rotatable bonds is 7. The molecule has 3 rings (SSSR count). The number of hydrogen-bond donors (Lipinski definition) is 1. The normalized spacial score (nSPS) is 10.4. The van der Waals surface area contributed by atoms with E-state index in [9.17, 15) is 4.79 Å². The third kappa shape index (κ3) is 5.06. The molecule has 0 radical (unpaired) electrons. The molecule has 0 spiro atoms. The third-order valence-corrected chi connectivity index (χ3v) is 3.56. The van der Waals surface area contributed by atoms with Crippen LogP contribution in [0.4, 0.5) is 0 Å². The lowest BCUT2D eigenvalue weighted by Gasteiger charge is -2.05. The molecule has 1 amide bonds. The molecule has 6 nitrogen and oxygen atoms in total. The molecule has 0 bridgehead atoms. The van der Waals surface area contributed by atoms with E-state index in [-0.39, 0.29) is 18.9 Å². The summed E-state index contributed by atoms with van der Waals surface area (Å²) in [5.41, 5.74) is 0.755. The number of hydrogen-bond acceptors (Lipinski definition) is 5. The van der Waals surface area contributed by atoms with Crippen LogP contribution in [0.1, 0.15) is 12.3 Å². The first-order valence-electron chi connectivity index (χ1n) is 7.74. The van der Waals surface area contributed by atoms with Gasteiger partial charge in [-0.05, 0) is 24.3 Å². The molecular formula is C18H16ClN3O3. The number of benzene rings is 2. The van der Waals surface area contributed by atoms with Crippen molar-refractivity contribution in [2.75, 3.05) is 6.61 Å². The van der Waals surface area contributed by atoms with Crippen molar-refractivity contribution in [3.8, 4) is 17.1 Å². The van der Waals surface area contributed by atoms with E-state index >= 15 is 0 Å². The first-order valence-corrected chi connectivity index (χ1v) is 8.11. The van der Waals surface area contributed by atoms with Gasteiger partial charge in [0.15, 0.2) is 0 Å². The van der Waals surface area contributed by atoms with Crippen molar-refractivity contribution >= 4 is 17.5 Å². The lowest BCUT2D eigenvalue weighted by molar-refractivity contribution is -0.121. The Morgan fingerprint density at radius 3 is 2.80 bits per heavy atom. The third-order valence-electron chi connectivity index (χ3n) is 3.33. The second-order valence-electron chi connectivity index (χ2n) is 5.21. The Labute approximate surface area is 149 Å². The quantitative estimate of drug-likeness (QED) is 0.700. The molecule has 0 aliphatic carbocycles. The lowest BCUT2D eigenvalue weighted by Crippen LogP contribution is -2.24. The van der Waals surface area contributed by atoms with Gasteiger partial charge in [0.2, 0.25) is 17.6 Å². The van der Waals surface area contributed by atoms with Crippen LogP contribution in [-0.4, -0.2) is 22.7 Å². The van der Waals surface area contributed by atoms with Crippen LogP contribution in [0.5, 0.6) is 5.75 Å². The number of para-hydroxylation sites is 1. The van der Waals surface area contributed by atoms with Crippen LogP contribution in [0, 0.1) is 0 Å². The molecule has 0 unspecified atom stereocenters. The Morgan fingerprint density at radius 1 is 1.16 bits per heavy atom. The Balaban J connectivity index is 1.45. The van der Waals surface area contributed by atoms with Gasteiger partial charge in [0.05, 0.1) is 19.6 Å². The van der Waals surface area contributed by atoms with Crippen LogP contribution in [-0.2, 0) is 11.3 Å². The predicted octanol–water partition coefficient (Wildman–Crippen LogP) is 3.48. The molecule has 1 heterocycles. The molecule has 0 saturated heterocycles. The zero-order chi connectivity index (χ0) is 17.5. The molecular weight excluding hydrogens is 342 g/mol. The highest BCUT2D eigenvalue weighted by Crippen LogP contribution is 2.19. The van der Waals surface area contributed by atoms with Gasteiger partial charge in [0.1, 0.15) is 5.75 Å². The van der Waals surface area contributed by atoms with Gasteiger partial charge in [-0.1, -0.05) is 47.1 Å². The van der Waals surface area contributed by atoms with E-state index in [1.54, 1.807) is 12.1 Å². The van der Waals surface area contributed by atoms with E-state index in [0.717, 1.165) is 11.3 Å². The number of nitrogens with zero attached hydrogens (tertiary/aromatic N) is 2. The van der Waals surface area contributed by atoms with Crippen molar-refractivity contribution in [3.63, 3.8) is 0 Å². The van der Waals surface area contributed by atoms with E-state index in [1.807, 2.05) is 42.5 Å². The maximum atomic E-state index is 11.8. The number of halogens is 1. The van der Waals surface area contributed by atoms with Crippen LogP contribution in [0.3, 0.4) is 0 Å². The van der Waals surface area contributed by atoms with Gasteiger partial charge in [0.25, 0.3) is 0 Å². The van der Waals surface area contributed by atoms with Crippen molar-refractivity contribution in [3.05, 3.63) is 65.5 Å². The number of amides is 1. The van der Waals surface area contributed by atoms with Crippen LogP contribution in [0.2, 0.25) is 5.02 Å². The summed E-state index contributed by atoms with van der Waals surface area (Å²) in [6, 6.07) is 16.5. The summed E-state index contributed by atoms with van der Waals surface area (Å²) in [5, 5.41) is 7.20. The van der Waals surface area contributed by atoms with Gasteiger partial charge < -0.3 is 14.6 Å². The molecule has 7 heteroatoms. The van der Waals surface area contributed by atoms with Crippen LogP contribution in [0.15, 0.2) is 59.1 Å².